The summed E-state index contributed by atoms with van der Waals surface area (Å²) in [5.41, 5.74) is 0. The Morgan fingerprint density at radius 1 is 1.50 bits per heavy atom. The maximum atomic E-state index is 9.14. The molecule has 0 aliphatic rings. The first-order valence-corrected chi connectivity index (χ1v) is 3.72. The van der Waals surface area contributed by atoms with Crippen LogP contribution in [-0.2, 0) is 0 Å². The molecule has 0 saturated carbocycles. The van der Waals surface area contributed by atoms with Crippen LogP contribution in [0.5, 0.6) is 0 Å². The number of aliphatic hydroxyl groups excluding tert-OH is 2. The Balaban J connectivity index is 3.56. The van der Waals surface area contributed by atoms with Gasteiger partial charge in [-0.25, -0.2) is 0 Å². The lowest BCUT2D eigenvalue weighted by molar-refractivity contribution is 0.0623. The summed E-state index contributed by atoms with van der Waals surface area (Å²) >= 11 is 0. The Hall–Kier alpha value is -0.120. The van der Waals surface area contributed by atoms with Crippen LogP contribution in [0.2, 0.25) is 0 Å². The van der Waals surface area contributed by atoms with Gasteiger partial charge in [0.15, 0.2) is 0 Å². The molecule has 0 aromatic rings. The molecule has 10 heavy (non-hydrogen) atoms. The predicted molar refractivity (Wildman–Crippen MR) is 40.8 cm³/mol. The summed E-state index contributed by atoms with van der Waals surface area (Å²) in [5.74, 6) is 0. The molecule has 62 valence electrons. The van der Waals surface area contributed by atoms with Crippen molar-refractivity contribution in [2.75, 3.05) is 13.7 Å². The quantitative estimate of drug-likeness (QED) is 0.501. The van der Waals surface area contributed by atoms with Crippen LogP contribution in [0.3, 0.4) is 0 Å². The third-order valence-electron chi connectivity index (χ3n) is 1.62. The second kappa shape index (κ2) is 5.65. The number of likely N-dealkylation sites (N-methyl/N-ethyl adjacent to an activating group) is 1. The lowest BCUT2D eigenvalue weighted by Crippen LogP contribution is -2.39. The van der Waals surface area contributed by atoms with Gasteiger partial charge in [0.2, 0.25) is 0 Å². The van der Waals surface area contributed by atoms with E-state index in [1.54, 1.807) is 7.05 Å². The smallest absolute Gasteiger partial charge is 0.0923 e. The zero-order valence-corrected chi connectivity index (χ0v) is 6.67. The highest BCUT2D eigenvalue weighted by molar-refractivity contribution is 4.72. The third kappa shape index (κ3) is 3.15. The minimum atomic E-state index is -0.620. The van der Waals surface area contributed by atoms with E-state index in [-0.39, 0.29) is 12.6 Å². The molecule has 0 rings (SSSR count). The van der Waals surface area contributed by atoms with Gasteiger partial charge in [0, 0.05) is 6.04 Å². The van der Waals surface area contributed by atoms with Gasteiger partial charge in [0.25, 0.3) is 0 Å². The largest absolute Gasteiger partial charge is 0.394 e. The van der Waals surface area contributed by atoms with E-state index in [4.69, 9.17) is 10.2 Å². The van der Waals surface area contributed by atoms with Crippen molar-refractivity contribution < 1.29 is 10.2 Å². The Kier molecular flexibility index (Phi) is 5.58. The van der Waals surface area contributed by atoms with Crippen molar-refractivity contribution in [1.82, 2.24) is 5.32 Å². The fourth-order valence-electron chi connectivity index (χ4n) is 0.967. The molecule has 0 fully saturated rings. The summed E-state index contributed by atoms with van der Waals surface area (Å²) in [5, 5.41) is 20.7. The van der Waals surface area contributed by atoms with Gasteiger partial charge in [-0.15, -0.1) is 0 Å². The molecule has 0 radical (unpaired) electrons. The molecule has 0 aromatic heterocycles. The first-order chi connectivity index (χ1) is 4.76. The van der Waals surface area contributed by atoms with Crippen LogP contribution in [0.15, 0.2) is 0 Å². The van der Waals surface area contributed by atoms with Crippen molar-refractivity contribution >= 4 is 0 Å². The van der Waals surface area contributed by atoms with E-state index < -0.39 is 6.10 Å². The highest BCUT2D eigenvalue weighted by Gasteiger charge is 2.14. The standard InChI is InChI=1S/C7H17NO2/c1-3-4-6(8-2)7(10)5-9/h6-10H,3-5H2,1-2H3/t6-,7+/m1/s1. The van der Waals surface area contributed by atoms with Gasteiger partial charge in [0.05, 0.1) is 12.7 Å². The Morgan fingerprint density at radius 3 is 2.40 bits per heavy atom. The molecular weight excluding hydrogens is 130 g/mol. The number of aliphatic hydroxyl groups is 2. The summed E-state index contributed by atoms with van der Waals surface area (Å²) in [4.78, 5) is 0. The van der Waals surface area contributed by atoms with Crippen molar-refractivity contribution in [2.24, 2.45) is 0 Å². The van der Waals surface area contributed by atoms with Crippen LogP contribution >= 0.6 is 0 Å². The normalized spacial score (nSPS) is 16.8. The van der Waals surface area contributed by atoms with Crippen LogP contribution in [-0.4, -0.2) is 36.0 Å². The minimum absolute atomic E-state index is 0.0370. The molecule has 0 spiro atoms. The van der Waals surface area contributed by atoms with E-state index in [9.17, 15) is 0 Å². The summed E-state index contributed by atoms with van der Waals surface area (Å²) in [6, 6.07) is 0.0370. The molecule has 3 heteroatoms. The Morgan fingerprint density at radius 2 is 2.10 bits per heavy atom. The monoisotopic (exact) mass is 147 g/mol. The van der Waals surface area contributed by atoms with E-state index in [2.05, 4.69) is 12.2 Å². The van der Waals surface area contributed by atoms with Crippen LogP contribution < -0.4 is 5.32 Å². The summed E-state index contributed by atoms with van der Waals surface area (Å²) in [6.45, 7) is 1.89. The molecule has 0 amide bonds. The van der Waals surface area contributed by atoms with Gasteiger partial charge in [-0.2, -0.15) is 0 Å². The van der Waals surface area contributed by atoms with Crippen LogP contribution in [0.1, 0.15) is 19.8 Å². The highest BCUT2D eigenvalue weighted by atomic mass is 16.3. The van der Waals surface area contributed by atoms with Crippen LogP contribution in [0, 0.1) is 0 Å². The fraction of sp³-hybridized carbons (Fsp3) is 1.00. The minimum Gasteiger partial charge on any atom is -0.394 e. The van der Waals surface area contributed by atoms with E-state index in [1.165, 1.54) is 0 Å². The first-order valence-electron chi connectivity index (χ1n) is 3.72. The van der Waals surface area contributed by atoms with Gasteiger partial charge in [-0.3, -0.25) is 0 Å². The number of rotatable bonds is 5. The summed E-state index contributed by atoms with van der Waals surface area (Å²) in [7, 11) is 1.79. The number of nitrogens with one attached hydrogen (secondary N) is 1. The molecule has 0 aromatic carbocycles. The third-order valence-corrected chi connectivity index (χ3v) is 1.62. The number of hydrogen-bond acceptors (Lipinski definition) is 3. The van der Waals surface area contributed by atoms with E-state index in [0.717, 1.165) is 12.8 Å². The van der Waals surface area contributed by atoms with Gasteiger partial charge in [-0.1, -0.05) is 13.3 Å². The van der Waals surface area contributed by atoms with Crippen molar-refractivity contribution in [3.05, 3.63) is 0 Å². The molecule has 0 aliphatic heterocycles. The van der Waals surface area contributed by atoms with Gasteiger partial charge >= 0.3 is 0 Å². The molecule has 0 unspecified atom stereocenters. The van der Waals surface area contributed by atoms with Gasteiger partial charge in [-0.05, 0) is 13.5 Å². The van der Waals surface area contributed by atoms with Crippen molar-refractivity contribution in [1.29, 1.82) is 0 Å². The molecule has 2 atom stereocenters. The number of hydrogen-bond donors (Lipinski definition) is 3. The van der Waals surface area contributed by atoms with Crippen molar-refractivity contribution in [2.45, 2.75) is 31.9 Å². The predicted octanol–water partition coefficient (Wildman–Crippen LogP) is -0.272. The highest BCUT2D eigenvalue weighted by Crippen LogP contribution is 2.00. The second-order valence-electron chi connectivity index (χ2n) is 2.43. The van der Waals surface area contributed by atoms with Gasteiger partial charge < -0.3 is 15.5 Å². The lowest BCUT2D eigenvalue weighted by atomic mass is 10.1. The molecular formula is C7H17NO2. The maximum Gasteiger partial charge on any atom is 0.0923 e. The van der Waals surface area contributed by atoms with Crippen LogP contribution in [0.25, 0.3) is 0 Å². The molecule has 3 nitrogen and oxygen atoms in total. The van der Waals surface area contributed by atoms with Crippen molar-refractivity contribution in [3.8, 4) is 0 Å². The lowest BCUT2D eigenvalue weighted by Gasteiger charge is -2.19. The average Bonchev–Trinajstić information content (AvgIpc) is 1.99. The molecule has 0 aliphatic carbocycles. The SMILES string of the molecule is CCC[C@@H](NC)[C@@H](O)CO. The fourth-order valence-corrected chi connectivity index (χ4v) is 0.967. The Labute approximate surface area is 62.1 Å². The first kappa shape index (κ1) is 9.88. The molecule has 0 saturated heterocycles. The topological polar surface area (TPSA) is 52.5 Å². The van der Waals surface area contributed by atoms with Gasteiger partial charge in [0.1, 0.15) is 0 Å². The molecule has 3 N–H and O–H groups in total. The zero-order valence-electron chi connectivity index (χ0n) is 6.67. The summed E-state index contributed by atoms with van der Waals surface area (Å²) < 4.78 is 0. The van der Waals surface area contributed by atoms with E-state index in [0.29, 0.717) is 0 Å². The van der Waals surface area contributed by atoms with E-state index >= 15 is 0 Å². The zero-order chi connectivity index (χ0) is 7.98. The average molecular weight is 147 g/mol. The Bertz CT molecular complexity index is 78.0. The summed E-state index contributed by atoms with van der Waals surface area (Å²) in [6.07, 6.45) is 1.30. The van der Waals surface area contributed by atoms with Crippen molar-refractivity contribution in [3.63, 3.8) is 0 Å². The van der Waals surface area contributed by atoms with Crippen LogP contribution in [0.4, 0.5) is 0 Å². The second-order valence-corrected chi connectivity index (χ2v) is 2.43. The van der Waals surface area contributed by atoms with E-state index in [1.807, 2.05) is 0 Å². The molecule has 0 bridgehead atoms. The molecule has 0 heterocycles. The maximum absolute atomic E-state index is 9.14.